The van der Waals surface area contributed by atoms with E-state index in [0.29, 0.717) is 23.6 Å². The Kier molecular flexibility index (Phi) is 7.38. The van der Waals surface area contributed by atoms with E-state index in [4.69, 9.17) is 5.73 Å². The molecule has 6 nitrogen and oxygen atoms in total. The largest absolute Gasteiger partial charge is 0.384 e. The highest BCUT2D eigenvalue weighted by atomic mass is 16.2. The molecule has 0 unspecified atom stereocenters. The number of para-hydroxylation sites is 2. The zero-order valence-corrected chi connectivity index (χ0v) is 17.9. The van der Waals surface area contributed by atoms with Crippen LogP contribution < -0.4 is 15.8 Å². The molecule has 0 saturated carbocycles. The van der Waals surface area contributed by atoms with Gasteiger partial charge in [-0.15, -0.1) is 0 Å². The number of nitrogens with zero attached hydrogens (tertiary/aromatic N) is 3. The third-order valence-corrected chi connectivity index (χ3v) is 5.00. The first-order valence-electron chi connectivity index (χ1n) is 10.5. The van der Waals surface area contributed by atoms with Gasteiger partial charge in [-0.25, -0.2) is 15.0 Å². The molecule has 1 aliphatic heterocycles. The van der Waals surface area contributed by atoms with Crippen molar-refractivity contribution in [2.75, 3.05) is 15.8 Å². The summed E-state index contributed by atoms with van der Waals surface area (Å²) in [4.78, 5) is 29.6. The van der Waals surface area contributed by atoms with Gasteiger partial charge in [-0.1, -0.05) is 56.2 Å². The predicted octanol–water partition coefficient (Wildman–Crippen LogP) is 4.76. The molecule has 1 aliphatic rings. The van der Waals surface area contributed by atoms with Crippen molar-refractivity contribution >= 4 is 29.0 Å². The Bertz CT molecular complexity index is 934. The van der Waals surface area contributed by atoms with Gasteiger partial charge in [-0.3, -0.25) is 9.59 Å². The molecular formula is C25H28N4O2. The minimum Gasteiger partial charge on any atom is -0.384 e. The van der Waals surface area contributed by atoms with E-state index in [1.165, 1.54) is 10.0 Å². The number of amides is 2. The first-order valence-corrected chi connectivity index (χ1v) is 10.5. The third-order valence-electron chi connectivity index (χ3n) is 5.00. The lowest BCUT2D eigenvalue weighted by Crippen LogP contribution is -2.41. The number of hydrogen-bond donors (Lipinski definition) is 1. The second kappa shape index (κ2) is 10.4. The molecule has 0 bridgehead atoms. The molecule has 160 valence electrons. The number of pyridine rings is 1. The molecule has 2 N–H and O–H groups in total. The van der Waals surface area contributed by atoms with Gasteiger partial charge < -0.3 is 5.73 Å². The van der Waals surface area contributed by atoms with Crippen molar-refractivity contribution in [3.63, 3.8) is 0 Å². The van der Waals surface area contributed by atoms with Gasteiger partial charge in [-0.05, 0) is 55.3 Å². The van der Waals surface area contributed by atoms with E-state index >= 15 is 0 Å². The number of carbonyl (C=O) groups is 2. The molecule has 6 heteroatoms. The Morgan fingerprint density at radius 2 is 1.39 bits per heavy atom. The number of carbonyl (C=O) groups excluding carboxylic acids is 2. The second-order valence-corrected chi connectivity index (χ2v) is 7.42. The van der Waals surface area contributed by atoms with Crippen LogP contribution in [-0.2, 0) is 9.59 Å². The molecule has 2 aromatic carbocycles. The summed E-state index contributed by atoms with van der Waals surface area (Å²) in [6, 6.07) is 22.4. The number of nitrogens with two attached hydrogens (primary N) is 1. The van der Waals surface area contributed by atoms with Crippen LogP contribution in [0.1, 0.15) is 31.7 Å². The van der Waals surface area contributed by atoms with Crippen molar-refractivity contribution in [1.29, 1.82) is 0 Å². The van der Waals surface area contributed by atoms with E-state index in [0.717, 1.165) is 18.4 Å². The number of benzene rings is 2. The fourth-order valence-corrected chi connectivity index (χ4v) is 3.44. The van der Waals surface area contributed by atoms with Crippen LogP contribution in [0.15, 0.2) is 79.0 Å². The summed E-state index contributed by atoms with van der Waals surface area (Å²) in [5.74, 6) is -0.280. The van der Waals surface area contributed by atoms with E-state index in [-0.39, 0.29) is 11.8 Å². The molecule has 2 amide bonds. The van der Waals surface area contributed by atoms with Crippen molar-refractivity contribution < 1.29 is 9.59 Å². The number of hydrogen-bond acceptors (Lipinski definition) is 4. The number of nitrogen functional groups attached to an aromatic ring is 1. The first-order chi connectivity index (χ1) is 15.0. The van der Waals surface area contributed by atoms with Crippen LogP contribution in [0.4, 0.5) is 17.2 Å². The van der Waals surface area contributed by atoms with Gasteiger partial charge in [0.2, 0.25) is 0 Å². The maximum Gasteiger partial charge on any atom is 0.258 e. The van der Waals surface area contributed by atoms with Crippen LogP contribution in [0.25, 0.3) is 0 Å². The van der Waals surface area contributed by atoms with Crippen LogP contribution in [0.2, 0.25) is 0 Å². The number of rotatable bonds is 5. The minimum absolute atomic E-state index is 0.140. The highest BCUT2D eigenvalue weighted by molar-refractivity contribution is 6.22. The average Bonchev–Trinajstić information content (AvgIpc) is 3.03. The van der Waals surface area contributed by atoms with E-state index in [1.54, 1.807) is 6.20 Å². The SMILES string of the molecule is CCCCC1C(=O)N(c2ccccc2)N(c2ccccc2)C1=O.Cc1ccnc(N)c1. The Morgan fingerprint density at radius 1 is 0.871 bits per heavy atom. The van der Waals surface area contributed by atoms with Crippen LogP contribution in [-0.4, -0.2) is 16.8 Å². The lowest BCUT2D eigenvalue weighted by atomic mass is 10.0. The number of anilines is 3. The van der Waals surface area contributed by atoms with Crippen LogP contribution >= 0.6 is 0 Å². The minimum atomic E-state index is -0.588. The monoisotopic (exact) mass is 416 g/mol. The fourth-order valence-electron chi connectivity index (χ4n) is 3.44. The molecule has 0 aliphatic carbocycles. The smallest absolute Gasteiger partial charge is 0.258 e. The lowest BCUT2D eigenvalue weighted by Gasteiger charge is -2.27. The molecule has 0 atom stereocenters. The standard InChI is InChI=1S/C19H20N2O2.C6H8N2/c1-2-3-14-17-18(22)20(15-10-6-4-7-11-15)21(19(17)23)16-12-8-5-9-13-16;1-5-2-3-8-6(7)4-5/h4-13,17H,2-3,14H2,1H3;2-4H,1H3,(H2,7,8). The highest BCUT2D eigenvalue weighted by Gasteiger charge is 2.46. The van der Waals surface area contributed by atoms with Gasteiger partial charge in [0.15, 0.2) is 0 Å². The van der Waals surface area contributed by atoms with Crippen molar-refractivity contribution in [3.05, 3.63) is 84.6 Å². The average molecular weight is 417 g/mol. The molecule has 0 spiro atoms. The van der Waals surface area contributed by atoms with Gasteiger partial charge in [0.05, 0.1) is 11.4 Å². The van der Waals surface area contributed by atoms with Crippen LogP contribution in [0, 0.1) is 12.8 Å². The lowest BCUT2D eigenvalue weighted by molar-refractivity contribution is -0.127. The van der Waals surface area contributed by atoms with Crippen molar-refractivity contribution in [2.24, 2.45) is 5.92 Å². The van der Waals surface area contributed by atoms with Gasteiger partial charge >= 0.3 is 0 Å². The second-order valence-electron chi connectivity index (χ2n) is 7.42. The zero-order chi connectivity index (χ0) is 22.2. The summed E-state index contributed by atoms with van der Waals surface area (Å²) < 4.78 is 0. The third kappa shape index (κ3) is 5.28. The zero-order valence-electron chi connectivity index (χ0n) is 17.9. The summed E-state index contributed by atoms with van der Waals surface area (Å²) in [6.07, 6.45) is 4.13. The van der Waals surface area contributed by atoms with Crippen LogP contribution in [0.5, 0.6) is 0 Å². The van der Waals surface area contributed by atoms with E-state index in [2.05, 4.69) is 11.9 Å². The summed E-state index contributed by atoms with van der Waals surface area (Å²) in [6.45, 7) is 4.05. The summed E-state index contributed by atoms with van der Waals surface area (Å²) in [7, 11) is 0. The van der Waals surface area contributed by atoms with Crippen molar-refractivity contribution in [1.82, 2.24) is 4.98 Å². The highest BCUT2D eigenvalue weighted by Crippen LogP contribution is 2.33. The van der Waals surface area contributed by atoms with E-state index in [9.17, 15) is 9.59 Å². The Labute approximate surface area is 183 Å². The molecule has 0 radical (unpaired) electrons. The predicted molar refractivity (Wildman–Crippen MR) is 124 cm³/mol. The molecule has 2 heterocycles. The van der Waals surface area contributed by atoms with Gasteiger partial charge in [0, 0.05) is 6.20 Å². The number of hydrazine groups is 1. The molecule has 4 rings (SSSR count). The first kappa shape index (κ1) is 22.0. The summed E-state index contributed by atoms with van der Waals surface area (Å²) in [5, 5.41) is 3.02. The number of unbranched alkanes of at least 4 members (excludes halogenated alkanes) is 1. The molecule has 1 aromatic heterocycles. The molecule has 3 aromatic rings. The van der Waals surface area contributed by atoms with Gasteiger partial charge in [0.25, 0.3) is 11.8 Å². The number of aromatic nitrogens is 1. The van der Waals surface area contributed by atoms with Gasteiger partial charge in [-0.2, -0.15) is 0 Å². The van der Waals surface area contributed by atoms with E-state index in [1.807, 2.05) is 79.7 Å². The molecule has 1 fully saturated rings. The molecular weight excluding hydrogens is 388 g/mol. The van der Waals surface area contributed by atoms with Crippen LogP contribution in [0.3, 0.4) is 0 Å². The normalized spacial score (nSPS) is 13.9. The topological polar surface area (TPSA) is 79.5 Å². The fraction of sp³-hybridized carbons (Fsp3) is 0.240. The Morgan fingerprint density at radius 3 is 1.77 bits per heavy atom. The van der Waals surface area contributed by atoms with E-state index < -0.39 is 5.92 Å². The molecule has 1 saturated heterocycles. The maximum absolute atomic E-state index is 12.9. The van der Waals surface area contributed by atoms with Gasteiger partial charge in [0.1, 0.15) is 11.7 Å². The summed E-state index contributed by atoms with van der Waals surface area (Å²) >= 11 is 0. The summed E-state index contributed by atoms with van der Waals surface area (Å²) in [5.41, 5.74) is 7.93. The quantitative estimate of drug-likeness (QED) is 0.608. The molecule has 31 heavy (non-hydrogen) atoms. The van der Waals surface area contributed by atoms with Crippen molar-refractivity contribution in [2.45, 2.75) is 33.1 Å². The Balaban J connectivity index is 0.000000287. The maximum atomic E-state index is 12.9. The number of aryl methyl sites for hydroxylation is 1. The van der Waals surface area contributed by atoms with Crippen molar-refractivity contribution in [3.8, 4) is 0 Å². The Hall–Kier alpha value is -3.67.